The maximum atomic E-state index is 4.53. The van der Waals surface area contributed by atoms with Gasteiger partial charge in [0.15, 0.2) is 0 Å². The molecule has 0 spiro atoms. The van der Waals surface area contributed by atoms with Crippen LogP contribution < -0.4 is 10.6 Å². The molecular weight excluding hydrogens is 393 g/mol. The third-order valence-electron chi connectivity index (χ3n) is 5.64. The number of benzene rings is 1. The van der Waals surface area contributed by atoms with Crippen molar-refractivity contribution in [2.45, 2.75) is 32.2 Å². The van der Waals surface area contributed by atoms with E-state index in [9.17, 15) is 0 Å². The number of nitrogens with zero attached hydrogens (tertiary/aromatic N) is 3. The van der Waals surface area contributed by atoms with Crippen molar-refractivity contribution in [2.75, 3.05) is 38.0 Å². The second-order valence-electron chi connectivity index (χ2n) is 7.48. The number of aromatic nitrogens is 2. The quantitative estimate of drug-likeness (QED) is 0.771. The van der Waals surface area contributed by atoms with E-state index in [4.69, 9.17) is 0 Å². The standard InChI is InChI=1S/C21H29N5.2ClH/c1-2-4-18(5-3-1)15-26-12-8-17(9-13-26)14-23-21-19-6-10-22-11-7-20(19)24-16-25-21;;/h1-5,16-17,22H,6-15H2,(H,23,24,25);2*1H. The van der Waals surface area contributed by atoms with Gasteiger partial charge in [-0.2, -0.15) is 0 Å². The highest BCUT2D eigenvalue weighted by molar-refractivity contribution is 5.85. The van der Waals surface area contributed by atoms with Gasteiger partial charge in [-0.3, -0.25) is 4.90 Å². The Morgan fingerprint density at radius 1 is 1.00 bits per heavy atom. The van der Waals surface area contributed by atoms with Crippen molar-refractivity contribution < 1.29 is 0 Å². The molecule has 2 N–H and O–H groups in total. The van der Waals surface area contributed by atoms with Gasteiger partial charge in [0.25, 0.3) is 0 Å². The van der Waals surface area contributed by atoms with Gasteiger partial charge in [0.05, 0.1) is 5.69 Å². The second-order valence-corrected chi connectivity index (χ2v) is 7.48. The van der Waals surface area contributed by atoms with Crippen LogP contribution in [0.5, 0.6) is 0 Å². The fourth-order valence-electron chi connectivity index (χ4n) is 4.06. The number of anilines is 1. The van der Waals surface area contributed by atoms with E-state index in [1.165, 1.54) is 42.8 Å². The molecule has 0 saturated carbocycles. The Labute approximate surface area is 180 Å². The van der Waals surface area contributed by atoms with Crippen molar-refractivity contribution in [1.29, 1.82) is 0 Å². The zero-order chi connectivity index (χ0) is 17.6. The van der Waals surface area contributed by atoms with Crippen LogP contribution in [-0.2, 0) is 19.4 Å². The van der Waals surface area contributed by atoms with Gasteiger partial charge < -0.3 is 10.6 Å². The monoisotopic (exact) mass is 423 g/mol. The number of nitrogens with one attached hydrogen (secondary N) is 2. The summed E-state index contributed by atoms with van der Waals surface area (Å²) in [7, 11) is 0. The van der Waals surface area contributed by atoms with Gasteiger partial charge in [-0.1, -0.05) is 30.3 Å². The molecule has 5 nitrogen and oxygen atoms in total. The van der Waals surface area contributed by atoms with E-state index < -0.39 is 0 Å². The predicted octanol–water partition coefficient (Wildman–Crippen LogP) is 3.33. The molecule has 2 aliphatic rings. The lowest BCUT2D eigenvalue weighted by Gasteiger charge is -2.32. The Kier molecular flexibility index (Phi) is 9.45. The molecule has 0 radical (unpaired) electrons. The van der Waals surface area contributed by atoms with Crippen LogP contribution in [0.4, 0.5) is 5.82 Å². The molecule has 0 bridgehead atoms. The number of rotatable bonds is 5. The van der Waals surface area contributed by atoms with Crippen LogP contribution in [0, 0.1) is 5.92 Å². The van der Waals surface area contributed by atoms with Gasteiger partial charge in [0.2, 0.25) is 0 Å². The van der Waals surface area contributed by atoms with Crippen molar-refractivity contribution >= 4 is 30.6 Å². The fraction of sp³-hybridized carbons (Fsp3) is 0.524. The minimum Gasteiger partial charge on any atom is -0.369 e. The lowest BCUT2D eigenvalue weighted by atomic mass is 9.96. The Bertz CT molecular complexity index is 705. The third-order valence-corrected chi connectivity index (χ3v) is 5.64. The smallest absolute Gasteiger partial charge is 0.132 e. The zero-order valence-corrected chi connectivity index (χ0v) is 17.9. The van der Waals surface area contributed by atoms with Crippen LogP contribution >= 0.6 is 24.8 Å². The summed E-state index contributed by atoms with van der Waals surface area (Å²) in [5, 5.41) is 7.09. The molecule has 28 heavy (non-hydrogen) atoms. The van der Waals surface area contributed by atoms with Crippen LogP contribution in [0.15, 0.2) is 36.7 Å². The van der Waals surface area contributed by atoms with E-state index in [0.29, 0.717) is 0 Å². The highest BCUT2D eigenvalue weighted by atomic mass is 35.5. The maximum absolute atomic E-state index is 4.53. The Morgan fingerprint density at radius 3 is 2.54 bits per heavy atom. The van der Waals surface area contributed by atoms with Gasteiger partial charge in [-0.15, -0.1) is 24.8 Å². The van der Waals surface area contributed by atoms with E-state index in [-0.39, 0.29) is 24.8 Å². The molecule has 3 heterocycles. The number of hydrogen-bond acceptors (Lipinski definition) is 5. The predicted molar refractivity (Wildman–Crippen MR) is 120 cm³/mol. The molecule has 4 rings (SSSR count). The van der Waals surface area contributed by atoms with E-state index in [0.717, 1.165) is 50.8 Å². The molecule has 1 aromatic carbocycles. The average Bonchev–Trinajstić information content (AvgIpc) is 2.94. The van der Waals surface area contributed by atoms with Crippen LogP contribution in [0.2, 0.25) is 0 Å². The summed E-state index contributed by atoms with van der Waals surface area (Å²) in [4.78, 5) is 11.6. The fourth-order valence-corrected chi connectivity index (χ4v) is 4.06. The van der Waals surface area contributed by atoms with Gasteiger partial charge in [-0.25, -0.2) is 9.97 Å². The molecule has 7 heteroatoms. The van der Waals surface area contributed by atoms with Gasteiger partial charge in [0, 0.05) is 31.6 Å². The third kappa shape index (κ3) is 6.05. The number of piperidine rings is 1. The van der Waals surface area contributed by atoms with Crippen LogP contribution in [0.1, 0.15) is 29.7 Å². The Morgan fingerprint density at radius 2 is 1.75 bits per heavy atom. The lowest BCUT2D eigenvalue weighted by molar-refractivity contribution is 0.182. The molecule has 0 amide bonds. The molecule has 0 aliphatic carbocycles. The van der Waals surface area contributed by atoms with E-state index in [1.54, 1.807) is 6.33 Å². The number of fused-ring (bicyclic) bond motifs is 1. The topological polar surface area (TPSA) is 53.1 Å². The number of likely N-dealkylation sites (tertiary alicyclic amines) is 1. The number of halogens is 2. The summed E-state index contributed by atoms with van der Waals surface area (Å²) in [5.41, 5.74) is 3.95. The minimum atomic E-state index is 0. The largest absolute Gasteiger partial charge is 0.369 e. The van der Waals surface area contributed by atoms with Gasteiger partial charge in [-0.05, 0) is 50.4 Å². The summed E-state index contributed by atoms with van der Waals surface area (Å²) >= 11 is 0. The van der Waals surface area contributed by atoms with E-state index >= 15 is 0 Å². The van der Waals surface area contributed by atoms with Crippen LogP contribution in [0.25, 0.3) is 0 Å². The molecule has 0 unspecified atom stereocenters. The molecule has 1 aromatic heterocycles. The molecule has 0 atom stereocenters. The normalized spacial score (nSPS) is 17.6. The Hall–Kier alpha value is -1.40. The highest BCUT2D eigenvalue weighted by Crippen LogP contribution is 2.22. The maximum Gasteiger partial charge on any atom is 0.132 e. The minimum absolute atomic E-state index is 0. The first-order valence-corrected chi connectivity index (χ1v) is 9.92. The summed E-state index contributed by atoms with van der Waals surface area (Å²) in [6.07, 6.45) is 6.26. The van der Waals surface area contributed by atoms with E-state index in [2.05, 4.69) is 55.8 Å². The first kappa shape index (κ1) is 22.9. The SMILES string of the molecule is Cl.Cl.c1ccc(CN2CCC(CNc3ncnc4c3CCNCC4)CC2)cc1. The zero-order valence-electron chi connectivity index (χ0n) is 16.3. The number of hydrogen-bond donors (Lipinski definition) is 2. The van der Waals surface area contributed by atoms with Crippen molar-refractivity contribution in [3.63, 3.8) is 0 Å². The first-order chi connectivity index (χ1) is 12.9. The molecule has 2 aliphatic heterocycles. The highest BCUT2D eigenvalue weighted by Gasteiger charge is 2.20. The van der Waals surface area contributed by atoms with Crippen LogP contribution in [-0.4, -0.2) is 47.6 Å². The Balaban J connectivity index is 0.00000140. The first-order valence-electron chi connectivity index (χ1n) is 9.92. The summed E-state index contributed by atoms with van der Waals surface area (Å²) in [5.74, 6) is 1.79. The van der Waals surface area contributed by atoms with Gasteiger partial charge in [0.1, 0.15) is 12.1 Å². The summed E-state index contributed by atoms with van der Waals surface area (Å²) in [6, 6.07) is 10.8. The summed E-state index contributed by atoms with van der Waals surface area (Å²) < 4.78 is 0. The van der Waals surface area contributed by atoms with Crippen molar-refractivity contribution in [3.8, 4) is 0 Å². The van der Waals surface area contributed by atoms with Crippen molar-refractivity contribution in [3.05, 3.63) is 53.5 Å². The van der Waals surface area contributed by atoms with Crippen LogP contribution in [0.3, 0.4) is 0 Å². The average molecular weight is 424 g/mol. The second kappa shape index (κ2) is 11.6. The molecule has 154 valence electrons. The van der Waals surface area contributed by atoms with Crippen molar-refractivity contribution in [1.82, 2.24) is 20.2 Å². The molecular formula is C21H31Cl2N5. The molecule has 2 aromatic rings. The van der Waals surface area contributed by atoms with Crippen molar-refractivity contribution in [2.24, 2.45) is 5.92 Å². The lowest BCUT2D eigenvalue weighted by Crippen LogP contribution is -2.35. The van der Waals surface area contributed by atoms with Gasteiger partial charge >= 0.3 is 0 Å². The molecule has 1 fully saturated rings. The summed E-state index contributed by atoms with van der Waals surface area (Å²) in [6.45, 7) is 6.51. The molecule has 1 saturated heterocycles. The van der Waals surface area contributed by atoms with E-state index in [1.807, 2.05) is 0 Å².